The molecule has 0 aliphatic rings. The Morgan fingerprint density at radius 3 is 1.39 bits per heavy atom. The Morgan fingerprint density at radius 1 is 0.562 bits per heavy atom. The molecule has 0 saturated heterocycles. The average Bonchev–Trinajstić information content (AvgIpc) is 3.30. The van der Waals surface area contributed by atoms with E-state index < -0.39 is 0 Å². The summed E-state index contributed by atoms with van der Waals surface area (Å²) in [6.07, 6.45) is 18.6. The van der Waals surface area contributed by atoms with Gasteiger partial charge in [0, 0.05) is 105 Å². The molecule has 3 aromatic heterocycles. The smallest absolute Gasteiger partial charge is 0.222 e. The predicted octanol–water partition coefficient (Wildman–Crippen LogP) is 6.19. The molecule has 14 nitrogen and oxygen atoms in total. The summed E-state index contributed by atoms with van der Waals surface area (Å²) in [5.74, 6) is 0.394. The molecule has 14 heteroatoms. The lowest BCUT2D eigenvalue weighted by Gasteiger charge is -2.22. The SMILES string of the molecule is CCN(CC)CCCCCCc1cc(C=O)ccn1.CCN(CCN(C)C)C(=O)CCCc1cc(C=NCCO)ccn1.CCN(CCN(C)C)C(=O)CCCc1cc(C=O)ccn1. The van der Waals surface area contributed by atoms with E-state index in [-0.39, 0.29) is 18.4 Å². The quantitative estimate of drug-likeness (QED) is 0.0463. The van der Waals surface area contributed by atoms with E-state index in [2.05, 4.69) is 48.5 Å². The van der Waals surface area contributed by atoms with Gasteiger partial charge in [0.1, 0.15) is 12.6 Å². The van der Waals surface area contributed by atoms with Gasteiger partial charge in [-0.1, -0.05) is 26.7 Å². The predicted molar refractivity (Wildman–Crippen MR) is 260 cm³/mol. The summed E-state index contributed by atoms with van der Waals surface area (Å²) in [6.45, 7) is 17.2. The number of likely N-dealkylation sites (N-methyl/N-ethyl adjacent to an activating group) is 4. The van der Waals surface area contributed by atoms with Crippen molar-refractivity contribution in [3.05, 3.63) is 88.8 Å². The number of nitrogens with zero attached hydrogens (tertiary/aromatic N) is 9. The normalized spacial score (nSPS) is 11.0. The van der Waals surface area contributed by atoms with E-state index in [1.165, 1.54) is 25.8 Å². The van der Waals surface area contributed by atoms with Gasteiger partial charge >= 0.3 is 0 Å². The minimum atomic E-state index is 0.0539. The number of carbonyl (C=O) groups is 4. The summed E-state index contributed by atoms with van der Waals surface area (Å²) in [5.41, 5.74) is 5.20. The first-order valence-corrected chi connectivity index (χ1v) is 23.4. The topological polar surface area (TPSA) is 156 Å². The molecular weight excluding hydrogens is 807 g/mol. The number of aliphatic hydroxyl groups is 1. The highest BCUT2D eigenvalue weighted by Gasteiger charge is 2.13. The van der Waals surface area contributed by atoms with Crippen molar-refractivity contribution in [2.24, 2.45) is 4.99 Å². The van der Waals surface area contributed by atoms with Gasteiger partial charge in [0.25, 0.3) is 0 Å². The van der Waals surface area contributed by atoms with Crippen LogP contribution in [0.2, 0.25) is 0 Å². The zero-order chi connectivity index (χ0) is 47.4. The molecule has 356 valence electrons. The molecule has 3 aromatic rings. The molecule has 0 aliphatic heterocycles. The maximum Gasteiger partial charge on any atom is 0.222 e. The van der Waals surface area contributed by atoms with E-state index in [1.54, 1.807) is 43.0 Å². The highest BCUT2D eigenvalue weighted by atomic mass is 16.3. The van der Waals surface area contributed by atoms with E-state index in [9.17, 15) is 19.2 Å². The fraction of sp³-hybridized carbons (Fsp3) is 0.600. The third-order valence-corrected chi connectivity index (χ3v) is 10.6. The molecule has 64 heavy (non-hydrogen) atoms. The Balaban J connectivity index is 0.000000483. The standard InChI is InChI=1S/C18H30N4O2.C16H25N3O2.C16H26N2O/c1-4-22(12-11-21(2)3)18(24)7-5-6-17-14-16(8-9-20-17)15-19-10-13-23;1-4-19(11-10-18(2)3)16(21)7-5-6-15-12-14(13-20)8-9-17-15;1-3-18(4-2)12-8-6-5-7-9-16-13-15(14-19)10-11-17-16/h8-9,14-15,23H,4-7,10-13H2,1-3H3;8-9,12-13H,4-7,10-11H2,1-3H3;10-11,13-14H,3-9,12H2,1-2H3. The number of aldehydes is 2. The fourth-order valence-corrected chi connectivity index (χ4v) is 6.61. The monoisotopic (exact) mass is 888 g/mol. The number of amides is 2. The number of aromatic nitrogens is 3. The number of pyridine rings is 3. The molecule has 3 rings (SSSR count). The molecule has 0 bridgehead atoms. The highest BCUT2D eigenvalue weighted by Crippen LogP contribution is 2.10. The average molecular weight is 888 g/mol. The third-order valence-electron chi connectivity index (χ3n) is 10.6. The molecule has 1 N–H and O–H groups in total. The van der Waals surface area contributed by atoms with Crippen LogP contribution in [0.4, 0.5) is 0 Å². The zero-order valence-corrected chi connectivity index (χ0v) is 40.6. The fourth-order valence-electron chi connectivity index (χ4n) is 6.61. The van der Waals surface area contributed by atoms with Crippen LogP contribution in [0, 0.1) is 0 Å². The number of hydrogen-bond acceptors (Lipinski definition) is 12. The van der Waals surface area contributed by atoms with Crippen LogP contribution < -0.4 is 0 Å². The van der Waals surface area contributed by atoms with Crippen molar-refractivity contribution in [2.75, 3.05) is 100 Å². The van der Waals surface area contributed by atoms with Gasteiger partial charge in [0.05, 0.1) is 13.2 Å². The van der Waals surface area contributed by atoms with Crippen LogP contribution in [0.15, 0.2) is 60.0 Å². The van der Waals surface area contributed by atoms with Gasteiger partial charge in [-0.3, -0.25) is 39.1 Å². The number of aliphatic hydroxyl groups excluding tert-OH is 1. The molecule has 0 aromatic carbocycles. The maximum absolute atomic E-state index is 12.3. The maximum atomic E-state index is 12.3. The van der Waals surface area contributed by atoms with Gasteiger partial charge in [0.2, 0.25) is 11.8 Å². The Morgan fingerprint density at radius 2 is 0.984 bits per heavy atom. The van der Waals surface area contributed by atoms with Crippen LogP contribution in [0.25, 0.3) is 0 Å². The van der Waals surface area contributed by atoms with Crippen LogP contribution >= 0.6 is 0 Å². The molecule has 0 fully saturated rings. The Bertz CT molecular complexity index is 1730. The Hall–Kier alpha value is -4.76. The third kappa shape index (κ3) is 27.4. The first-order valence-electron chi connectivity index (χ1n) is 23.4. The molecule has 0 atom stereocenters. The van der Waals surface area contributed by atoms with E-state index in [0.717, 1.165) is 132 Å². The van der Waals surface area contributed by atoms with Crippen molar-refractivity contribution < 1.29 is 24.3 Å². The molecular formula is C50H81N9O5. The molecule has 2 amide bonds. The minimum Gasteiger partial charge on any atom is -0.394 e. The largest absolute Gasteiger partial charge is 0.394 e. The van der Waals surface area contributed by atoms with Gasteiger partial charge < -0.3 is 29.6 Å². The number of hydrogen-bond donors (Lipinski definition) is 1. The van der Waals surface area contributed by atoms with Crippen molar-refractivity contribution in [3.8, 4) is 0 Å². The number of carbonyl (C=O) groups excluding carboxylic acids is 4. The second-order valence-corrected chi connectivity index (χ2v) is 16.2. The van der Waals surface area contributed by atoms with Crippen molar-refractivity contribution in [3.63, 3.8) is 0 Å². The molecule has 0 aliphatic carbocycles. The summed E-state index contributed by atoms with van der Waals surface area (Å²) in [5, 5.41) is 8.74. The molecule has 0 unspecified atom stereocenters. The summed E-state index contributed by atoms with van der Waals surface area (Å²) in [4.78, 5) is 73.1. The summed E-state index contributed by atoms with van der Waals surface area (Å²) in [6, 6.07) is 11.0. The first-order chi connectivity index (χ1) is 30.9. The van der Waals surface area contributed by atoms with Gasteiger partial charge in [-0.25, -0.2) is 0 Å². The van der Waals surface area contributed by atoms with E-state index in [1.807, 2.05) is 70.0 Å². The van der Waals surface area contributed by atoms with Crippen molar-refractivity contribution in [2.45, 2.75) is 98.3 Å². The molecule has 0 saturated carbocycles. The van der Waals surface area contributed by atoms with E-state index in [0.29, 0.717) is 24.9 Å². The van der Waals surface area contributed by atoms with Gasteiger partial charge in [-0.15, -0.1) is 0 Å². The number of rotatable bonds is 30. The second kappa shape index (κ2) is 36.6. The molecule has 3 heterocycles. The summed E-state index contributed by atoms with van der Waals surface area (Å²) >= 11 is 0. The van der Waals surface area contributed by atoms with Crippen molar-refractivity contribution in [1.82, 2.24) is 39.5 Å². The van der Waals surface area contributed by atoms with Crippen LogP contribution in [0.5, 0.6) is 0 Å². The first kappa shape index (κ1) is 57.3. The van der Waals surface area contributed by atoms with Crippen LogP contribution in [-0.4, -0.2) is 175 Å². The molecule has 0 radical (unpaired) electrons. The highest BCUT2D eigenvalue weighted by molar-refractivity contribution is 5.79. The van der Waals surface area contributed by atoms with Crippen LogP contribution in [0.3, 0.4) is 0 Å². The van der Waals surface area contributed by atoms with Crippen LogP contribution in [-0.2, 0) is 28.9 Å². The zero-order valence-electron chi connectivity index (χ0n) is 40.6. The van der Waals surface area contributed by atoms with Gasteiger partial charge in [0.15, 0.2) is 0 Å². The van der Waals surface area contributed by atoms with Gasteiger partial charge in [-0.05, 0) is 149 Å². The van der Waals surface area contributed by atoms with Crippen LogP contribution in [0.1, 0.15) is 122 Å². The lowest BCUT2D eigenvalue weighted by atomic mass is 10.1. The second-order valence-electron chi connectivity index (χ2n) is 16.2. The van der Waals surface area contributed by atoms with E-state index >= 15 is 0 Å². The summed E-state index contributed by atoms with van der Waals surface area (Å²) < 4.78 is 0. The van der Waals surface area contributed by atoms with Crippen molar-refractivity contribution in [1.29, 1.82) is 0 Å². The molecule has 0 spiro atoms. The summed E-state index contributed by atoms with van der Waals surface area (Å²) in [7, 11) is 8.04. The number of aryl methyl sites for hydroxylation is 3. The Kier molecular flexibility index (Phi) is 32.7. The number of aliphatic imine (C=N–C) groups is 1. The number of unbranched alkanes of at least 4 members (excludes halogenated alkanes) is 3. The lowest BCUT2D eigenvalue weighted by Crippen LogP contribution is -2.36. The van der Waals surface area contributed by atoms with E-state index in [4.69, 9.17) is 5.11 Å². The van der Waals surface area contributed by atoms with Crippen molar-refractivity contribution >= 4 is 30.6 Å². The van der Waals surface area contributed by atoms with Gasteiger partial charge in [-0.2, -0.15) is 0 Å². The lowest BCUT2D eigenvalue weighted by molar-refractivity contribution is -0.132. The minimum absolute atomic E-state index is 0.0539. The Labute approximate surface area is 385 Å².